The molecule has 0 bridgehead atoms. The average Bonchev–Trinajstić information content (AvgIpc) is 3.06. The van der Waals surface area contributed by atoms with Gasteiger partial charge in [-0.25, -0.2) is 14.6 Å². The fourth-order valence-electron chi connectivity index (χ4n) is 2.55. The van der Waals surface area contributed by atoms with Gasteiger partial charge in [0.05, 0.1) is 17.3 Å². The average molecular weight is 335 g/mol. The van der Waals surface area contributed by atoms with Crippen LogP contribution in [0.2, 0.25) is 5.02 Å². The number of rotatable bonds is 3. The third-order valence-corrected chi connectivity index (χ3v) is 3.90. The fourth-order valence-corrected chi connectivity index (χ4v) is 2.74. The number of aromatic nitrogens is 4. The monoisotopic (exact) mass is 334 g/mol. The van der Waals surface area contributed by atoms with Crippen LogP contribution in [0.4, 0.5) is 0 Å². The Morgan fingerprint density at radius 1 is 1.00 bits per heavy atom. The van der Waals surface area contributed by atoms with Gasteiger partial charge in [-0.3, -0.25) is 4.79 Å². The lowest BCUT2D eigenvalue weighted by Crippen LogP contribution is -2.06. The van der Waals surface area contributed by atoms with Gasteiger partial charge in [-0.1, -0.05) is 41.9 Å². The zero-order chi connectivity index (χ0) is 16.5. The van der Waals surface area contributed by atoms with Gasteiger partial charge in [-0.05, 0) is 24.3 Å². The van der Waals surface area contributed by atoms with Crippen LogP contribution < -0.4 is 0 Å². The largest absolute Gasteiger partial charge is 0.287 e. The topological polar surface area (TPSA) is 60.7 Å². The van der Waals surface area contributed by atoms with Crippen molar-refractivity contribution in [1.82, 2.24) is 19.7 Å². The number of ketones is 1. The lowest BCUT2D eigenvalue weighted by Gasteiger charge is -2.04. The molecule has 6 heteroatoms. The Hall–Kier alpha value is -3.05. The summed E-state index contributed by atoms with van der Waals surface area (Å²) in [5.74, 6) is -0.211. The second-order valence-corrected chi connectivity index (χ2v) is 5.63. The third-order valence-electron chi connectivity index (χ3n) is 3.67. The van der Waals surface area contributed by atoms with Crippen molar-refractivity contribution in [1.29, 1.82) is 0 Å². The molecule has 0 radical (unpaired) electrons. The second-order valence-electron chi connectivity index (χ2n) is 5.19. The molecule has 5 nitrogen and oxygen atoms in total. The highest BCUT2D eigenvalue weighted by Gasteiger charge is 2.18. The molecule has 0 aliphatic rings. The lowest BCUT2D eigenvalue weighted by molar-refractivity contribution is 0.103. The smallest absolute Gasteiger partial charge is 0.212 e. The molecule has 0 fully saturated rings. The molecule has 0 unspecified atom stereocenters. The van der Waals surface area contributed by atoms with Crippen LogP contribution in [-0.4, -0.2) is 25.5 Å². The van der Waals surface area contributed by atoms with Gasteiger partial charge >= 0.3 is 0 Å². The number of hydrogen-bond donors (Lipinski definition) is 0. The molecule has 0 aliphatic carbocycles. The first-order valence-electron chi connectivity index (χ1n) is 7.28. The van der Waals surface area contributed by atoms with Gasteiger partial charge < -0.3 is 0 Å². The Labute approximate surface area is 142 Å². The van der Waals surface area contributed by atoms with E-state index in [1.54, 1.807) is 35.1 Å². The molecule has 2 heterocycles. The van der Waals surface area contributed by atoms with Crippen molar-refractivity contribution < 1.29 is 4.79 Å². The van der Waals surface area contributed by atoms with Gasteiger partial charge in [0.15, 0.2) is 5.65 Å². The Morgan fingerprint density at radius 2 is 1.83 bits per heavy atom. The van der Waals surface area contributed by atoms with Crippen molar-refractivity contribution in [3.8, 4) is 5.69 Å². The van der Waals surface area contributed by atoms with Crippen molar-refractivity contribution in [2.24, 2.45) is 0 Å². The van der Waals surface area contributed by atoms with Crippen LogP contribution in [0.5, 0.6) is 0 Å². The number of carbonyl (C=O) groups is 1. The highest BCUT2D eigenvalue weighted by atomic mass is 35.5. The minimum Gasteiger partial charge on any atom is -0.287 e. The summed E-state index contributed by atoms with van der Waals surface area (Å²) in [6.45, 7) is 0. The summed E-state index contributed by atoms with van der Waals surface area (Å²) >= 11 is 5.98. The van der Waals surface area contributed by atoms with E-state index in [1.807, 2.05) is 30.3 Å². The summed E-state index contributed by atoms with van der Waals surface area (Å²) in [5.41, 5.74) is 2.24. The summed E-state index contributed by atoms with van der Waals surface area (Å²) < 4.78 is 1.69. The van der Waals surface area contributed by atoms with Crippen molar-refractivity contribution in [2.75, 3.05) is 0 Å². The van der Waals surface area contributed by atoms with Crippen molar-refractivity contribution in [2.45, 2.75) is 0 Å². The van der Waals surface area contributed by atoms with Gasteiger partial charge in [0, 0.05) is 10.6 Å². The summed E-state index contributed by atoms with van der Waals surface area (Å²) in [7, 11) is 0. The third kappa shape index (κ3) is 2.45. The fraction of sp³-hybridized carbons (Fsp3) is 0. The van der Waals surface area contributed by atoms with Crippen molar-refractivity contribution in [3.05, 3.63) is 83.4 Å². The van der Waals surface area contributed by atoms with E-state index in [4.69, 9.17) is 11.6 Å². The summed E-state index contributed by atoms with van der Waals surface area (Å²) in [5, 5.41) is 5.46. The van der Waals surface area contributed by atoms with Crippen LogP contribution in [0, 0.1) is 0 Å². The number of fused-ring (bicyclic) bond motifs is 1. The Bertz CT molecular complexity index is 1040. The summed E-state index contributed by atoms with van der Waals surface area (Å²) in [6, 6.07) is 16.4. The van der Waals surface area contributed by atoms with E-state index in [2.05, 4.69) is 15.1 Å². The predicted octanol–water partition coefficient (Wildman–Crippen LogP) is 3.70. The number of carbonyl (C=O) groups excluding carboxylic acids is 1. The van der Waals surface area contributed by atoms with Gasteiger partial charge in [0.2, 0.25) is 5.78 Å². The molecule has 0 spiro atoms. The van der Waals surface area contributed by atoms with Gasteiger partial charge in [-0.15, -0.1) is 0 Å². The first-order valence-corrected chi connectivity index (χ1v) is 7.66. The highest BCUT2D eigenvalue weighted by molar-refractivity contribution is 6.31. The number of nitrogens with zero attached hydrogens (tertiary/aromatic N) is 4. The van der Waals surface area contributed by atoms with Crippen LogP contribution >= 0.6 is 11.6 Å². The minimum absolute atomic E-state index is 0.211. The molecule has 2 aromatic heterocycles. The van der Waals surface area contributed by atoms with E-state index >= 15 is 0 Å². The maximum Gasteiger partial charge on any atom is 0.212 e. The molecule has 0 aliphatic heterocycles. The molecular weight excluding hydrogens is 324 g/mol. The standard InChI is InChI=1S/C18H11ClN4O/c19-13-6-4-5-12(9-13)17(24)16-15-10-22-23(18(15)21-11-20-16)14-7-2-1-3-8-14/h1-11H. The van der Waals surface area contributed by atoms with E-state index < -0.39 is 0 Å². The molecule has 4 rings (SSSR count). The quantitative estimate of drug-likeness (QED) is 0.536. The molecule has 0 N–H and O–H groups in total. The van der Waals surface area contributed by atoms with E-state index in [0.717, 1.165) is 5.69 Å². The van der Waals surface area contributed by atoms with Gasteiger partial charge in [-0.2, -0.15) is 5.10 Å². The van der Waals surface area contributed by atoms with Crippen LogP contribution in [0.1, 0.15) is 16.1 Å². The Kier molecular flexibility index (Phi) is 3.55. The second kappa shape index (κ2) is 5.86. The van der Waals surface area contributed by atoms with Crippen molar-refractivity contribution in [3.63, 3.8) is 0 Å². The van der Waals surface area contributed by atoms with Crippen LogP contribution in [-0.2, 0) is 0 Å². The zero-order valence-electron chi connectivity index (χ0n) is 12.4. The number of hydrogen-bond acceptors (Lipinski definition) is 4. The molecule has 0 saturated carbocycles. The number of benzene rings is 2. The van der Waals surface area contributed by atoms with Crippen LogP contribution in [0.25, 0.3) is 16.7 Å². The Balaban J connectivity index is 1.86. The van der Waals surface area contributed by atoms with E-state index in [1.165, 1.54) is 6.33 Å². The van der Waals surface area contributed by atoms with Crippen LogP contribution in [0.15, 0.2) is 67.1 Å². The van der Waals surface area contributed by atoms with Crippen molar-refractivity contribution >= 4 is 28.4 Å². The minimum atomic E-state index is -0.211. The molecule has 0 amide bonds. The molecule has 4 aromatic rings. The van der Waals surface area contributed by atoms with E-state index in [0.29, 0.717) is 27.3 Å². The first-order chi connectivity index (χ1) is 11.7. The zero-order valence-corrected chi connectivity index (χ0v) is 13.2. The SMILES string of the molecule is O=C(c1cccc(Cl)c1)c1ncnc2c1cnn2-c1ccccc1. The molecule has 2 aromatic carbocycles. The maximum atomic E-state index is 12.8. The maximum absolute atomic E-state index is 12.8. The highest BCUT2D eigenvalue weighted by Crippen LogP contribution is 2.21. The van der Waals surface area contributed by atoms with E-state index in [-0.39, 0.29) is 5.78 Å². The normalized spacial score (nSPS) is 10.9. The molecule has 116 valence electrons. The molecular formula is C18H11ClN4O. The Morgan fingerprint density at radius 3 is 2.62 bits per heavy atom. The summed E-state index contributed by atoms with van der Waals surface area (Å²) in [4.78, 5) is 21.2. The van der Waals surface area contributed by atoms with Crippen LogP contribution in [0.3, 0.4) is 0 Å². The summed E-state index contributed by atoms with van der Waals surface area (Å²) in [6.07, 6.45) is 2.99. The number of halogens is 1. The predicted molar refractivity (Wildman–Crippen MR) is 91.5 cm³/mol. The lowest BCUT2D eigenvalue weighted by atomic mass is 10.1. The molecule has 0 atom stereocenters. The van der Waals surface area contributed by atoms with Gasteiger partial charge in [0.1, 0.15) is 12.0 Å². The molecule has 0 saturated heterocycles. The van der Waals surface area contributed by atoms with E-state index in [9.17, 15) is 4.79 Å². The van der Waals surface area contributed by atoms with Gasteiger partial charge in [0.25, 0.3) is 0 Å². The first kappa shape index (κ1) is 14.5. The number of para-hydroxylation sites is 1. The molecule has 24 heavy (non-hydrogen) atoms.